The SMILES string of the molecule is O=C(OC(=O)c1ccc(N2CCOCC2)c2ccccc12)c1ccc(N2CCOCC2)c2ccccc12. The molecule has 6 rings (SSSR count). The second-order valence-electron chi connectivity index (χ2n) is 9.23. The largest absolute Gasteiger partial charge is 0.386 e. The van der Waals surface area contributed by atoms with Gasteiger partial charge in [-0.2, -0.15) is 0 Å². The molecule has 0 amide bonds. The van der Waals surface area contributed by atoms with E-state index in [0.29, 0.717) is 37.6 Å². The molecule has 4 aromatic carbocycles. The fraction of sp³-hybridized carbons (Fsp3) is 0.267. The average molecular weight is 497 g/mol. The minimum Gasteiger partial charge on any atom is -0.386 e. The van der Waals surface area contributed by atoms with Gasteiger partial charge in [-0.1, -0.05) is 48.5 Å². The number of nitrogens with zero attached hydrogens (tertiary/aromatic N) is 2. The van der Waals surface area contributed by atoms with Crippen LogP contribution >= 0.6 is 0 Å². The average Bonchev–Trinajstić information content (AvgIpc) is 2.96. The number of hydrogen-bond acceptors (Lipinski definition) is 7. The number of hydrogen-bond donors (Lipinski definition) is 0. The van der Waals surface area contributed by atoms with Crippen molar-refractivity contribution >= 4 is 44.9 Å². The summed E-state index contributed by atoms with van der Waals surface area (Å²) in [5, 5.41) is 3.42. The Morgan fingerprint density at radius 2 is 0.919 bits per heavy atom. The lowest BCUT2D eigenvalue weighted by molar-refractivity contribution is 0.0400. The summed E-state index contributed by atoms with van der Waals surface area (Å²) in [5.74, 6) is -1.31. The van der Waals surface area contributed by atoms with E-state index in [0.717, 1.165) is 59.1 Å². The normalized spacial score (nSPS) is 16.2. The molecule has 0 bridgehead atoms. The van der Waals surface area contributed by atoms with Crippen molar-refractivity contribution in [3.63, 3.8) is 0 Å². The van der Waals surface area contributed by atoms with Crippen molar-refractivity contribution < 1.29 is 23.8 Å². The van der Waals surface area contributed by atoms with Crippen molar-refractivity contribution in [2.75, 3.05) is 62.4 Å². The maximum atomic E-state index is 13.3. The molecule has 188 valence electrons. The van der Waals surface area contributed by atoms with Crippen LogP contribution in [0.25, 0.3) is 21.5 Å². The predicted octanol–water partition coefficient (Wildman–Crippen LogP) is 4.66. The maximum Gasteiger partial charge on any atom is 0.346 e. The Labute approximate surface area is 215 Å². The first-order chi connectivity index (χ1) is 18.2. The first-order valence-electron chi connectivity index (χ1n) is 12.7. The van der Waals surface area contributed by atoms with E-state index < -0.39 is 11.9 Å². The summed E-state index contributed by atoms with van der Waals surface area (Å²) in [4.78, 5) is 31.1. The molecule has 4 aromatic rings. The number of ether oxygens (including phenoxy) is 3. The predicted molar refractivity (Wildman–Crippen MR) is 144 cm³/mol. The molecule has 2 aliphatic heterocycles. The summed E-state index contributed by atoms with van der Waals surface area (Å²) in [6.45, 7) is 5.85. The van der Waals surface area contributed by atoms with Crippen LogP contribution in [0.4, 0.5) is 11.4 Å². The van der Waals surface area contributed by atoms with Gasteiger partial charge >= 0.3 is 11.9 Å². The van der Waals surface area contributed by atoms with Gasteiger partial charge in [0.15, 0.2) is 0 Å². The van der Waals surface area contributed by atoms with E-state index in [2.05, 4.69) is 9.80 Å². The molecule has 0 radical (unpaired) electrons. The lowest BCUT2D eigenvalue weighted by atomic mass is 10.0. The van der Waals surface area contributed by atoms with E-state index in [1.54, 1.807) is 12.1 Å². The lowest BCUT2D eigenvalue weighted by Gasteiger charge is -2.30. The van der Waals surface area contributed by atoms with Crippen molar-refractivity contribution in [2.24, 2.45) is 0 Å². The molecule has 2 heterocycles. The molecule has 37 heavy (non-hydrogen) atoms. The molecule has 2 fully saturated rings. The molecule has 7 heteroatoms. The van der Waals surface area contributed by atoms with Gasteiger partial charge < -0.3 is 24.0 Å². The number of anilines is 2. The number of morpholine rings is 2. The van der Waals surface area contributed by atoms with Gasteiger partial charge in [0, 0.05) is 48.3 Å². The number of rotatable bonds is 4. The monoisotopic (exact) mass is 496 g/mol. The van der Waals surface area contributed by atoms with Crippen molar-refractivity contribution in [2.45, 2.75) is 0 Å². The van der Waals surface area contributed by atoms with Crippen LogP contribution in [0, 0.1) is 0 Å². The topological polar surface area (TPSA) is 68.3 Å². The zero-order valence-electron chi connectivity index (χ0n) is 20.5. The Bertz CT molecular complexity index is 1360. The van der Waals surface area contributed by atoms with E-state index in [-0.39, 0.29) is 0 Å². The highest BCUT2D eigenvalue weighted by atomic mass is 16.6. The van der Waals surface area contributed by atoms with Crippen LogP contribution < -0.4 is 9.80 Å². The Balaban J connectivity index is 1.30. The molecule has 7 nitrogen and oxygen atoms in total. The van der Waals surface area contributed by atoms with Crippen LogP contribution in [-0.4, -0.2) is 64.5 Å². The third kappa shape index (κ3) is 4.52. The molecule has 0 N–H and O–H groups in total. The lowest BCUT2D eigenvalue weighted by Crippen LogP contribution is -2.36. The van der Waals surface area contributed by atoms with Gasteiger partial charge in [0.1, 0.15) is 0 Å². The summed E-state index contributed by atoms with van der Waals surface area (Å²) in [6, 6.07) is 22.8. The van der Waals surface area contributed by atoms with Gasteiger partial charge in [0.2, 0.25) is 0 Å². The molecule has 0 unspecified atom stereocenters. The molecule has 0 aromatic heterocycles. The van der Waals surface area contributed by atoms with Crippen molar-refractivity contribution in [1.29, 1.82) is 0 Å². The third-order valence-corrected chi connectivity index (χ3v) is 7.13. The first kappa shape index (κ1) is 23.5. The maximum absolute atomic E-state index is 13.3. The molecular formula is C30H28N2O5. The number of benzene rings is 4. The van der Waals surface area contributed by atoms with E-state index >= 15 is 0 Å². The standard InChI is InChI=1S/C30H28N2O5/c33-29(25-9-11-27(31-13-17-35-18-14-31)23-7-3-1-5-21(23)25)37-30(34)26-10-12-28(32-15-19-36-20-16-32)24-8-4-2-6-22(24)26/h1-12H,13-20H2. The fourth-order valence-corrected chi connectivity index (χ4v) is 5.28. The van der Waals surface area contributed by atoms with E-state index in [1.165, 1.54) is 0 Å². The van der Waals surface area contributed by atoms with Gasteiger partial charge in [-0.3, -0.25) is 0 Å². The number of fused-ring (bicyclic) bond motifs is 2. The quantitative estimate of drug-likeness (QED) is 0.301. The zero-order valence-corrected chi connectivity index (χ0v) is 20.5. The van der Waals surface area contributed by atoms with Crippen LogP contribution in [0.15, 0.2) is 72.8 Å². The molecular weight excluding hydrogens is 468 g/mol. The minimum absolute atomic E-state index is 0.371. The van der Waals surface area contributed by atoms with E-state index in [4.69, 9.17) is 14.2 Å². The second kappa shape index (κ2) is 10.2. The highest BCUT2D eigenvalue weighted by molar-refractivity contribution is 6.15. The fourth-order valence-electron chi connectivity index (χ4n) is 5.28. The molecule has 0 saturated carbocycles. The van der Waals surface area contributed by atoms with Gasteiger partial charge in [-0.05, 0) is 35.0 Å². The molecule has 2 saturated heterocycles. The van der Waals surface area contributed by atoms with Crippen LogP contribution in [0.2, 0.25) is 0 Å². The Morgan fingerprint density at radius 3 is 1.32 bits per heavy atom. The van der Waals surface area contributed by atoms with Crippen molar-refractivity contribution in [3.8, 4) is 0 Å². The number of carbonyl (C=O) groups excluding carboxylic acids is 2. The summed E-state index contributed by atoms with van der Waals surface area (Å²) >= 11 is 0. The summed E-state index contributed by atoms with van der Waals surface area (Å²) < 4.78 is 16.4. The van der Waals surface area contributed by atoms with Crippen LogP contribution in [0.5, 0.6) is 0 Å². The molecule has 0 aliphatic carbocycles. The van der Waals surface area contributed by atoms with Crippen molar-refractivity contribution in [1.82, 2.24) is 0 Å². The second-order valence-corrected chi connectivity index (χ2v) is 9.23. The van der Waals surface area contributed by atoms with Gasteiger partial charge in [-0.15, -0.1) is 0 Å². The molecule has 0 atom stereocenters. The number of carbonyl (C=O) groups is 2. The molecule has 2 aliphatic rings. The first-order valence-corrected chi connectivity index (χ1v) is 12.7. The highest BCUT2D eigenvalue weighted by Crippen LogP contribution is 2.33. The Morgan fingerprint density at radius 1 is 0.541 bits per heavy atom. The van der Waals surface area contributed by atoms with Gasteiger partial charge in [0.05, 0.1) is 37.6 Å². The number of esters is 2. The van der Waals surface area contributed by atoms with Crippen LogP contribution in [0.1, 0.15) is 20.7 Å². The van der Waals surface area contributed by atoms with E-state index in [1.807, 2.05) is 60.7 Å². The summed E-state index contributed by atoms with van der Waals surface area (Å²) in [5.41, 5.74) is 2.84. The van der Waals surface area contributed by atoms with E-state index in [9.17, 15) is 9.59 Å². The van der Waals surface area contributed by atoms with Gasteiger partial charge in [-0.25, -0.2) is 9.59 Å². The highest BCUT2D eigenvalue weighted by Gasteiger charge is 2.23. The molecule has 0 spiro atoms. The summed E-state index contributed by atoms with van der Waals surface area (Å²) in [7, 11) is 0. The van der Waals surface area contributed by atoms with Crippen LogP contribution in [0.3, 0.4) is 0 Å². The third-order valence-electron chi connectivity index (χ3n) is 7.13. The van der Waals surface area contributed by atoms with Crippen molar-refractivity contribution in [3.05, 3.63) is 83.9 Å². The van der Waals surface area contributed by atoms with Crippen LogP contribution in [-0.2, 0) is 14.2 Å². The Hall–Kier alpha value is -3.94. The summed E-state index contributed by atoms with van der Waals surface area (Å²) in [6.07, 6.45) is 0. The smallest absolute Gasteiger partial charge is 0.346 e. The zero-order chi connectivity index (χ0) is 25.2. The minimum atomic E-state index is -0.656. The Kier molecular flexibility index (Phi) is 6.47. The van der Waals surface area contributed by atoms with Gasteiger partial charge in [0.25, 0.3) is 0 Å².